The highest BCUT2D eigenvalue weighted by atomic mass is 16.5. The number of methoxy groups -OCH3 is 1. The molecule has 118 valence electrons. The van der Waals surface area contributed by atoms with Crippen molar-refractivity contribution in [3.8, 4) is 0 Å². The van der Waals surface area contributed by atoms with Gasteiger partial charge in [0.15, 0.2) is 6.10 Å². The Balaban J connectivity index is 2.56. The second-order valence-corrected chi connectivity index (χ2v) is 4.37. The molecule has 1 rings (SSSR count). The van der Waals surface area contributed by atoms with Crippen LogP contribution >= 0.6 is 0 Å². The van der Waals surface area contributed by atoms with Crippen LogP contribution in [-0.2, 0) is 9.53 Å². The molecular formula is C13H20N2O6. The van der Waals surface area contributed by atoms with Crippen LogP contribution in [0.25, 0.3) is 0 Å². The Kier molecular flexibility index (Phi) is 7.06. The van der Waals surface area contributed by atoms with Gasteiger partial charge in [-0.05, 0) is 12.1 Å². The van der Waals surface area contributed by atoms with Gasteiger partial charge in [-0.3, -0.25) is 15.6 Å². The molecule has 1 aromatic rings. The number of carbonyl (C=O) groups is 1. The summed E-state index contributed by atoms with van der Waals surface area (Å²) < 4.78 is 4.78. The van der Waals surface area contributed by atoms with Gasteiger partial charge in [0.2, 0.25) is 0 Å². The zero-order valence-electron chi connectivity index (χ0n) is 11.5. The van der Waals surface area contributed by atoms with E-state index in [1.165, 1.54) is 7.11 Å². The van der Waals surface area contributed by atoms with Crippen LogP contribution in [-0.4, -0.2) is 64.5 Å². The number of amides is 1. The summed E-state index contributed by atoms with van der Waals surface area (Å²) >= 11 is 0. The largest absolute Gasteiger partial charge is 0.394 e. The highest BCUT2D eigenvalue weighted by molar-refractivity contribution is 5.82. The molecule has 0 aliphatic heterocycles. The second-order valence-electron chi connectivity index (χ2n) is 4.37. The summed E-state index contributed by atoms with van der Waals surface area (Å²) in [7, 11) is 1.18. The molecule has 0 aromatic heterocycles. The molecule has 8 heteroatoms. The first-order chi connectivity index (χ1) is 10.0. The number of aliphatic hydroxyl groups excluding tert-OH is 4. The lowest BCUT2D eigenvalue weighted by Gasteiger charge is -2.27. The number of para-hydroxylation sites is 1. The number of anilines is 1. The van der Waals surface area contributed by atoms with Crippen molar-refractivity contribution in [2.45, 2.75) is 24.4 Å². The third-order valence-corrected chi connectivity index (χ3v) is 2.87. The Morgan fingerprint density at radius 2 is 1.86 bits per heavy atom. The molecule has 0 fully saturated rings. The fourth-order valence-corrected chi connectivity index (χ4v) is 1.69. The molecular weight excluding hydrogens is 280 g/mol. The van der Waals surface area contributed by atoms with Gasteiger partial charge in [0.05, 0.1) is 12.3 Å². The van der Waals surface area contributed by atoms with E-state index in [1.807, 2.05) is 0 Å². The summed E-state index contributed by atoms with van der Waals surface area (Å²) in [6.45, 7) is -0.674. The van der Waals surface area contributed by atoms with E-state index in [4.69, 9.17) is 9.84 Å². The molecule has 0 aliphatic rings. The first kappa shape index (κ1) is 17.3. The lowest BCUT2D eigenvalue weighted by Crippen LogP contribution is -2.53. The number of nitrogens with one attached hydrogen (secondary N) is 2. The maximum atomic E-state index is 11.7. The molecule has 0 unspecified atom stereocenters. The standard InChI is InChI=1S/C13H20N2O6/c1-21-12(9(17)7-16)10(18)11(19)13(20)15-14-8-5-3-2-4-6-8/h2-6,9-12,14,16-19H,7H2,1H3,(H,15,20)/t9-,10+,11-,12-/m0/s1. The highest BCUT2D eigenvalue weighted by Gasteiger charge is 2.35. The summed E-state index contributed by atoms with van der Waals surface area (Å²) in [5.41, 5.74) is 5.36. The van der Waals surface area contributed by atoms with Crippen LogP contribution in [0.4, 0.5) is 5.69 Å². The van der Waals surface area contributed by atoms with Gasteiger partial charge >= 0.3 is 0 Å². The summed E-state index contributed by atoms with van der Waals surface area (Å²) in [5, 5.41) is 37.8. The molecule has 0 heterocycles. The van der Waals surface area contributed by atoms with Gasteiger partial charge in [0, 0.05) is 7.11 Å². The van der Waals surface area contributed by atoms with Crippen molar-refractivity contribution in [2.24, 2.45) is 0 Å². The molecule has 0 radical (unpaired) electrons. The Hall–Kier alpha value is -1.71. The molecule has 0 saturated heterocycles. The van der Waals surface area contributed by atoms with Crippen molar-refractivity contribution < 1.29 is 30.0 Å². The Morgan fingerprint density at radius 3 is 2.38 bits per heavy atom. The van der Waals surface area contributed by atoms with Gasteiger partial charge < -0.3 is 25.2 Å². The van der Waals surface area contributed by atoms with Crippen molar-refractivity contribution in [3.05, 3.63) is 30.3 Å². The van der Waals surface area contributed by atoms with E-state index >= 15 is 0 Å². The number of aliphatic hydroxyl groups is 4. The molecule has 8 nitrogen and oxygen atoms in total. The van der Waals surface area contributed by atoms with Crippen molar-refractivity contribution in [3.63, 3.8) is 0 Å². The summed E-state index contributed by atoms with van der Waals surface area (Å²) in [5.74, 6) is -0.904. The normalized spacial score (nSPS) is 16.6. The van der Waals surface area contributed by atoms with E-state index in [-0.39, 0.29) is 0 Å². The van der Waals surface area contributed by atoms with Gasteiger partial charge in [-0.2, -0.15) is 0 Å². The predicted molar refractivity (Wildman–Crippen MR) is 74.1 cm³/mol. The third-order valence-electron chi connectivity index (χ3n) is 2.87. The summed E-state index contributed by atoms with van der Waals surface area (Å²) in [4.78, 5) is 11.7. The van der Waals surface area contributed by atoms with Crippen molar-refractivity contribution in [2.75, 3.05) is 19.1 Å². The molecule has 4 atom stereocenters. The van der Waals surface area contributed by atoms with Crippen LogP contribution in [0, 0.1) is 0 Å². The number of ether oxygens (including phenoxy) is 1. The van der Waals surface area contributed by atoms with Crippen LogP contribution in [0.5, 0.6) is 0 Å². The van der Waals surface area contributed by atoms with Gasteiger partial charge in [-0.25, -0.2) is 0 Å². The van der Waals surface area contributed by atoms with Crippen molar-refractivity contribution in [1.29, 1.82) is 0 Å². The average molecular weight is 300 g/mol. The molecule has 0 bridgehead atoms. The lowest BCUT2D eigenvalue weighted by molar-refractivity contribution is -0.153. The van der Waals surface area contributed by atoms with E-state index in [0.29, 0.717) is 5.69 Å². The average Bonchev–Trinajstić information content (AvgIpc) is 2.53. The Bertz CT molecular complexity index is 430. The smallest absolute Gasteiger partial charge is 0.269 e. The quantitative estimate of drug-likeness (QED) is 0.313. The third kappa shape index (κ3) is 4.96. The first-order valence-electron chi connectivity index (χ1n) is 6.30. The monoisotopic (exact) mass is 300 g/mol. The minimum Gasteiger partial charge on any atom is -0.394 e. The Morgan fingerprint density at radius 1 is 1.24 bits per heavy atom. The van der Waals surface area contributed by atoms with E-state index in [9.17, 15) is 20.1 Å². The maximum absolute atomic E-state index is 11.7. The molecule has 0 saturated carbocycles. The first-order valence-corrected chi connectivity index (χ1v) is 6.30. The maximum Gasteiger partial charge on any atom is 0.269 e. The minimum atomic E-state index is -1.84. The minimum absolute atomic E-state index is 0.589. The van der Waals surface area contributed by atoms with Crippen molar-refractivity contribution >= 4 is 11.6 Å². The van der Waals surface area contributed by atoms with Gasteiger partial charge in [0.25, 0.3) is 5.91 Å². The van der Waals surface area contributed by atoms with Crippen LogP contribution in [0.3, 0.4) is 0 Å². The highest BCUT2D eigenvalue weighted by Crippen LogP contribution is 2.09. The van der Waals surface area contributed by atoms with Gasteiger partial charge in [0.1, 0.15) is 18.3 Å². The summed E-state index contributed by atoms with van der Waals surface area (Å²) in [6.07, 6.45) is -6.26. The van der Waals surface area contributed by atoms with Gasteiger partial charge in [-0.1, -0.05) is 18.2 Å². The molecule has 1 amide bonds. The van der Waals surface area contributed by atoms with Crippen LogP contribution in [0.1, 0.15) is 0 Å². The molecule has 21 heavy (non-hydrogen) atoms. The van der Waals surface area contributed by atoms with Crippen LogP contribution in [0.2, 0.25) is 0 Å². The fourth-order valence-electron chi connectivity index (χ4n) is 1.69. The number of hydrazine groups is 1. The second kappa shape index (κ2) is 8.55. The topological polar surface area (TPSA) is 131 Å². The fraction of sp³-hybridized carbons (Fsp3) is 0.462. The zero-order chi connectivity index (χ0) is 15.8. The Labute approximate surface area is 122 Å². The van der Waals surface area contributed by atoms with Gasteiger partial charge in [-0.15, -0.1) is 0 Å². The van der Waals surface area contributed by atoms with E-state index < -0.39 is 36.9 Å². The number of benzene rings is 1. The lowest BCUT2D eigenvalue weighted by atomic mass is 10.0. The van der Waals surface area contributed by atoms with Crippen LogP contribution in [0.15, 0.2) is 30.3 Å². The number of rotatable bonds is 8. The van der Waals surface area contributed by atoms with E-state index in [0.717, 1.165) is 0 Å². The van der Waals surface area contributed by atoms with Crippen LogP contribution < -0.4 is 10.9 Å². The summed E-state index contributed by atoms with van der Waals surface area (Å²) in [6, 6.07) is 8.68. The van der Waals surface area contributed by atoms with Crippen molar-refractivity contribution in [1.82, 2.24) is 5.43 Å². The number of hydrogen-bond donors (Lipinski definition) is 6. The molecule has 0 spiro atoms. The molecule has 6 N–H and O–H groups in total. The number of hydrogen-bond acceptors (Lipinski definition) is 7. The number of carbonyl (C=O) groups excluding carboxylic acids is 1. The zero-order valence-corrected chi connectivity index (χ0v) is 11.5. The SMILES string of the molecule is CO[C@H]([C@H](O)[C@H](O)C(=O)NNc1ccccc1)[C@@H](O)CO. The molecule has 1 aromatic carbocycles. The predicted octanol–water partition coefficient (Wildman–Crippen LogP) is -1.78. The van der Waals surface area contributed by atoms with E-state index in [1.54, 1.807) is 30.3 Å². The van der Waals surface area contributed by atoms with E-state index in [2.05, 4.69) is 10.9 Å². The molecule has 0 aliphatic carbocycles.